The Morgan fingerprint density at radius 1 is 0.824 bits per heavy atom. The fourth-order valence-corrected chi connectivity index (χ4v) is 2.31. The average molecular weight is 290 g/mol. The first-order chi connectivity index (χ1) is 7.99. The summed E-state index contributed by atoms with van der Waals surface area (Å²) in [5.41, 5.74) is 2.39. The van der Waals surface area contributed by atoms with Crippen LogP contribution in [0.2, 0.25) is 15.1 Å². The maximum absolute atomic E-state index is 13.0. The summed E-state index contributed by atoms with van der Waals surface area (Å²) in [5, 5.41) is 1.32. The first-order valence-electron chi connectivity index (χ1n) is 4.90. The molecule has 0 aliphatic heterocycles. The fourth-order valence-electron chi connectivity index (χ4n) is 1.66. The van der Waals surface area contributed by atoms with Gasteiger partial charge in [0.05, 0.1) is 10.0 Å². The molecule has 4 heteroatoms. The van der Waals surface area contributed by atoms with Gasteiger partial charge in [-0.15, -0.1) is 0 Å². The van der Waals surface area contributed by atoms with E-state index in [0.29, 0.717) is 15.1 Å². The van der Waals surface area contributed by atoms with Crippen molar-refractivity contribution in [1.29, 1.82) is 0 Å². The van der Waals surface area contributed by atoms with Gasteiger partial charge in [-0.05, 0) is 42.3 Å². The second kappa shape index (κ2) is 4.85. The molecule has 0 aromatic heterocycles. The summed E-state index contributed by atoms with van der Waals surface area (Å²) in [5.74, 6) is -0.276. The maximum atomic E-state index is 13.0. The molecule has 0 atom stereocenters. The summed E-state index contributed by atoms with van der Waals surface area (Å²) in [6.45, 7) is 1.82. The lowest BCUT2D eigenvalue weighted by Gasteiger charge is -2.09. The average Bonchev–Trinajstić information content (AvgIpc) is 2.24. The smallest absolute Gasteiger partial charge is 0.123 e. The van der Waals surface area contributed by atoms with Gasteiger partial charge in [-0.3, -0.25) is 0 Å². The van der Waals surface area contributed by atoms with Crippen molar-refractivity contribution in [2.75, 3.05) is 0 Å². The van der Waals surface area contributed by atoms with Gasteiger partial charge in [0.15, 0.2) is 0 Å². The van der Waals surface area contributed by atoms with Gasteiger partial charge in [0, 0.05) is 10.6 Å². The van der Waals surface area contributed by atoms with E-state index in [1.807, 2.05) is 6.92 Å². The molecule has 0 nitrogen and oxygen atoms in total. The minimum absolute atomic E-state index is 0.276. The number of halogens is 4. The second-order valence-electron chi connectivity index (χ2n) is 3.71. The largest absolute Gasteiger partial charge is 0.207 e. The summed E-state index contributed by atoms with van der Waals surface area (Å²) in [7, 11) is 0. The van der Waals surface area contributed by atoms with Crippen molar-refractivity contribution in [3.05, 3.63) is 56.8 Å². The Labute approximate surface area is 114 Å². The lowest BCUT2D eigenvalue weighted by molar-refractivity contribution is 0.627. The number of benzene rings is 2. The van der Waals surface area contributed by atoms with Gasteiger partial charge >= 0.3 is 0 Å². The number of hydrogen-bond donors (Lipinski definition) is 0. The number of hydrogen-bond acceptors (Lipinski definition) is 0. The third-order valence-corrected chi connectivity index (χ3v) is 3.52. The quantitative estimate of drug-likeness (QED) is 0.585. The molecule has 0 N–H and O–H groups in total. The highest BCUT2D eigenvalue weighted by atomic mass is 35.5. The predicted molar refractivity (Wildman–Crippen MR) is 71.6 cm³/mol. The molecule has 0 amide bonds. The van der Waals surface area contributed by atoms with E-state index in [9.17, 15) is 4.39 Å². The Balaban J connectivity index is 2.64. The van der Waals surface area contributed by atoms with Gasteiger partial charge in [-0.1, -0.05) is 40.9 Å². The summed E-state index contributed by atoms with van der Waals surface area (Å²) in [4.78, 5) is 0. The van der Waals surface area contributed by atoms with Crippen molar-refractivity contribution < 1.29 is 4.39 Å². The molecule has 0 saturated carbocycles. The number of aryl methyl sites for hydroxylation is 1. The Morgan fingerprint density at radius 2 is 1.47 bits per heavy atom. The van der Waals surface area contributed by atoms with Gasteiger partial charge in [-0.2, -0.15) is 0 Å². The van der Waals surface area contributed by atoms with E-state index in [1.165, 1.54) is 12.1 Å². The molecule has 0 bridgehead atoms. The molecule has 2 aromatic carbocycles. The minimum Gasteiger partial charge on any atom is -0.207 e. The SMILES string of the molecule is Cc1cc(F)ccc1-c1cc(Cl)c(Cl)cc1Cl. The van der Waals surface area contributed by atoms with Crippen LogP contribution in [-0.2, 0) is 0 Å². The van der Waals surface area contributed by atoms with Crippen molar-refractivity contribution in [1.82, 2.24) is 0 Å². The zero-order valence-corrected chi connectivity index (χ0v) is 11.2. The topological polar surface area (TPSA) is 0 Å². The molecule has 0 unspecified atom stereocenters. The van der Waals surface area contributed by atoms with Gasteiger partial charge < -0.3 is 0 Å². The first kappa shape index (κ1) is 12.7. The predicted octanol–water partition coefficient (Wildman–Crippen LogP) is 5.76. The van der Waals surface area contributed by atoms with Gasteiger partial charge in [0.2, 0.25) is 0 Å². The zero-order chi connectivity index (χ0) is 12.6. The summed E-state index contributed by atoms with van der Waals surface area (Å²) in [6.07, 6.45) is 0. The van der Waals surface area contributed by atoms with Crippen LogP contribution >= 0.6 is 34.8 Å². The molecule has 0 radical (unpaired) electrons. The lowest BCUT2D eigenvalue weighted by atomic mass is 10.0. The van der Waals surface area contributed by atoms with Crippen molar-refractivity contribution in [3.8, 4) is 11.1 Å². The standard InChI is InChI=1S/C13H8Cl3F/c1-7-4-8(17)2-3-9(7)10-5-12(15)13(16)6-11(10)14/h2-6H,1H3. The Hall–Kier alpha value is -0.760. The van der Waals surface area contributed by atoms with E-state index in [4.69, 9.17) is 34.8 Å². The molecule has 88 valence electrons. The van der Waals surface area contributed by atoms with E-state index in [1.54, 1.807) is 18.2 Å². The van der Waals surface area contributed by atoms with E-state index in [0.717, 1.165) is 16.7 Å². The monoisotopic (exact) mass is 288 g/mol. The van der Waals surface area contributed by atoms with E-state index in [2.05, 4.69) is 0 Å². The normalized spacial score (nSPS) is 10.6. The molecule has 2 aromatic rings. The van der Waals surface area contributed by atoms with Crippen molar-refractivity contribution >= 4 is 34.8 Å². The highest BCUT2D eigenvalue weighted by molar-refractivity contribution is 6.44. The fraction of sp³-hybridized carbons (Fsp3) is 0.0769. The van der Waals surface area contributed by atoms with Crippen molar-refractivity contribution in [2.24, 2.45) is 0 Å². The lowest BCUT2D eigenvalue weighted by Crippen LogP contribution is -1.87. The summed E-state index contributed by atoms with van der Waals surface area (Å²) in [6, 6.07) is 7.79. The van der Waals surface area contributed by atoms with Crippen LogP contribution < -0.4 is 0 Å². The van der Waals surface area contributed by atoms with Crippen LogP contribution in [-0.4, -0.2) is 0 Å². The van der Waals surface area contributed by atoms with Crippen LogP contribution in [0.3, 0.4) is 0 Å². The molecular formula is C13H8Cl3F. The number of rotatable bonds is 1. The molecule has 0 aliphatic carbocycles. The van der Waals surface area contributed by atoms with Crippen LogP contribution in [0, 0.1) is 12.7 Å². The Bertz CT molecular complexity index is 579. The maximum Gasteiger partial charge on any atom is 0.123 e. The first-order valence-corrected chi connectivity index (χ1v) is 6.03. The van der Waals surface area contributed by atoms with E-state index >= 15 is 0 Å². The van der Waals surface area contributed by atoms with Gasteiger partial charge in [0.25, 0.3) is 0 Å². The third-order valence-electron chi connectivity index (χ3n) is 2.49. The van der Waals surface area contributed by atoms with Crippen molar-refractivity contribution in [3.63, 3.8) is 0 Å². The van der Waals surface area contributed by atoms with Crippen LogP contribution in [0.25, 0.3) is 11.1 Å². The second-order valence-corrected chi connectivity index (χ2v) is 4.93. The molecule has 0 fully saturated rings. The molecule has 0 spiro atoms. The molecule has 2 rings (SSSR count). The van der Waals surface area contributed by atoms with Gasteiger partial charge in [-0.25, -0.2) is 4.39 Å². The van der Waals surface area contributed by atoms with Crippen LogP contribution in [0.4, 0.5) is 4.39 Å². The highest BCUT2D eigenvalue weighted by Crippen LogP contribution is 2.36. The summed E-state index contributed by atoms with van der Waals surface area (Å²) >= 11 is 17.9. The molecule has 0 aliphatic rings. The highest BCUT2D eigenvalue weighted by Gasteiger charge is 2.10. The molecule has 0 saturated heterocycles. The van der Waals surface area contributed by atoms with E-state index in [-0.39, 0.29) is 5.82 Å². The zero-order valence-electron chi connectivity index (χ0n) is 8.90. The van der Waals surface area contributed by atoms with Crippen LogP contribution in [0.15, 0.2) is 30.3 Å². The molecule has 17 heavy (non-hydrogen) atoms. The van der Waals surface area contributed by atoms with Crippen LogP contribution in [0.5, 0.6) is 0 Å². The molecule has 0 heterocycles. The Morgan fingerprint density at radius 3 is 2.12 bits per heavy atom. The Kier molecular flexibility index (Phi) is 3.62. The van der Waals surface area contributed by atoms with Crippen LogP contribution in [0.1, 0.15) is 5.56 Å². The minimum atomic E-state index is -0.276. The van der Waals surface area contributed by atoms with E-state index < -0.39 is 0 Å². The third kappa shape index (κ3) is 2.57. The molecular weight excluding hydrogens is 282 g/mol. The van der Waals surface area contributed by atoms with Crippen molar-refractivity contribution in [2.45, 2.75) is 6.92 Å². The summed E-state index contributed by atoms with van der Waals surface area (Å²) < 4.78 is 13.0. The van der Waals surface area contributed by atoms with Gasteiger partial charge in [0.1, 0.15) is 5.82 Å².